The molecule has 6 rings (SSSR count). The highest BCUT2D eigenvalue weighted by Gasteiger charge is 2.31. The van der Waals surface area contributed by atoms with E-state index in [9.17, 15) is 16.8 Å². The molecule has 1 saturated heterocycles. The first-order valence-electron chi connectivity index (χ1n) is 15.5. The first kappa shape index (κ1) is 31.2. The molecule has 11 heteroatoms. The molecule has 1 aromatic heterocycles. The summed E-state index contributed by atoms with van der Waals surface area (Å²) in [6, 6.07) is 12.3. The van der Waals surface area contributed by atoms with Crippen molar-refractivity contribution in [2.24, 2.45) is 5.92 Å². The van der Waals surface area contributed by atoms with E-state index in [0.29, 0.717) is 54.7 Å². The average Bonchev–Trinajstić information content (AvgIpc) is 3.75. The number of methoxy groups -OCH3 is 1. The molecule has 3 aromatic rings. The third-order valence-corrected chi connectivity index (χ3v) is 13.0. The molecule has 2 aromatic carbocycles. The van der Waals surface area contributed by atoms with E-state index in [2.05, 4.69) is 45.6 Å². The maximum absolute atomic E-state index is 11.9. The Kier molecular flexibility index (Phi) is 9.16. The summed E-state index contributed by atoms with van der Waals surface area (Å²) in [5.74, 6) is 8.54. The number of ether oxygens (including phenoxy) is 1. The van der Waals surface area contributed by atoms with E-state index in [1.165, 1.54) is 53.6 Å². The molecule has 0 atom stereocenters. The second kappa shape index (κ2) is 12.9. The summed E-state index contributed by atoms with van der Waals surface area (Å²) in [4.78, 5) is 3.73. The molecule has 0 bridgehead atoms. The van der Waals surface area contributed by atoms with E-state index in [0.717, 1.165) is 42.9 Å². The van der Waals surface area contributed by atoms with E-state index >= 15 is 0 Å². The number of thiophene rings is 1. The number of nitrogens with one attached hydrogen (secondary N) is 2. The summed E-state index contributed by atoms with van der Waals surface area (Å²) in [5, 5.41) is 8.44. The highest BCUT2D eigenvalue weighted by atomic mass is 32.2. The normalized spacial score (nSPS) is 22.2. The highest BCUT2D eigenvalue weighted by Crippen LogP contribution is 2.42. The van der Waals surface area contributed by atoms with Crippen LogP contribution in [0.25, 0.3) is 10.1 Å². The predicted molar refractivity (Wildman–Crippen MR) is 180 cm³/mol. The molecule has 2 aliphatic carbocycles. The monoisotopic (exact) mass is 655 g/mol. The van der Waals surface area contributed by atoms with Gasteiger partial charge in [0, 0.05) is 37.5 Å². The fourth-order valence-corrected chi connectivity index (χ4v) is 9.46. The van der Waals surface area contributed by atoms with Crippen LogP contribution in [0.3, 0.4) is 0 Å². The number of hydrogen-bond acceptors (Lipinski definition) is 9. The number of rotatable bonds is 9. The second-order valence-electron chi connectivity index (χ2n) is 12.4. The largest absolute Gasteiger partial charge is 0.495 e. The van der Waals surface area contributed by atoms with Crippen molar-refractivity contribution >= 4 is 52.5 Å². The number of anilines is 2. The average molecular weight is 656 g/mol. The quantitative estimate of drug-likeness (QED) is 0.304. The topological polar surface area (TPSA) is 105 Å². The lowest BCUT2D eigenvalue weighted by atomic mass is 9.90. The van der Waals surface area contributed by atoms with Crippen LogP contribution in [0.5, 0.6) is 5.75 Å². The smallest absolute Gasteiger partial charge is 0.175 e. The predicted octanol–water partition coefficient (Wildman–Crippen LogP) is 5.18. The lowest BCUT2D eigenvalue weighted by Gasteiger charge is -2.39. The van der Waals surface area contributed by atoms with E-state index in [1.54, 1.807) is 23.5 Å². The highest BCUT2D eigenvalue weighted by molar-refractivity contribution is 7.91. The van der Waals surface area contributed by atoms with Crippen LogP contribution in [0.2, 0.25) is 0 Å². The summed E-state index contributed by atoms with van der Waals surface area (Å²) < 4.78 is 54.2. The number of benzene rings is 2. The first-order chi connectivity index (χ1) is 21.1. The number of nitrogens with zero attached hydrogens (tertiary/aromatic N) is 1. The molecule has 2 heterocycles. The van der Waals surface area contributed by atoms with Crippen molar-refractivity contribution < 1.29 is 21.6 Å². The fraction of sp³-hybridized carbons (Fsp3) is 0.515. The van der Waals surface area contributed by atoms with E-state index in [1.807, 2.05) is 0 Å². The van der Waals surface area contributed by atoms with Gasteiger partial charge in [-0.15, -0.1) is 11.3 Å². The molecule has 0 spiro atoms. The van der Waals surface area contributed by atoms with Crippen molar-refractivity contribution in [2.45, 2.75) is 61.9 Å². The minimum atomic E-state index is -3.32. The van der Waals surface area contributed by atoms with E-state index < -0.39 is 19.7 Å². The molecule has 2 saturated carbocycles. The molecule has 2 N–H and O–H groups in total. The minimum Gasteiger partial charge on any atom is -0.495 e. The van der Waals surface area contributed by atoms with Gasteiger partial charge in [-0.3, -0.25) is 4.90 Å². The number of fused-ring (bicyclic) bond motifs is 1. The van der Waals surface area contributed by atoms with Crippen LogP contribution in [0, 0.1) is 17.8 Å². The van der Waals surface area contributed by atoms with Crippen molar-refractivity contribution in [2.75, 3.05) is 55.1 Å². The van der Waals surface area contributed by atoms with Crippen LogP contribution in [0.1, 0.15) is 49.0 Å². The second-order valence-corrected chi connectivity index (χ2v) is 17.7. The Morgan fingerprint density at radius 2 is 1.77 bits per heavy atom. The zero-order valence-electron chi connectivity index (χ0n) is 25.4. The van der Waals surface area contributed by atoms with Gasteiger partial charge in [0.1, 0.15) is 5.75 Å². The van der Waals surface area contributed by atoms with Crippen molar-refractivity contribution in [3.8, 4) is 17.6 Å². The summed E-state index contributed by atoms with van der Waals surface area (Å²) in [6.45, 7) is 1.75. The van der Waals surface area contributed by atoms with Crippen LogP contribution < -0.4 is 15.4 Å². The zero-order chi connectivity index (χ0) is 30.9. The lowest BCUT2D eigenvalue weighted by Crippen LogP contribution is -2.48. The van der Waals surface area contributed by atoms with Crippen molar-refractivity contribution in [1.29, 1.82) is 0 Å². The van der Waals surface area contributed by atoms with Crippen LogP contribution in [-0.4, -0.2) is 78.3 Å². The van der Waals surface area contributed by atoms with Crippen molar-refractivity contribution in [3.05, 3.63) is 46.8 Å². The summed E-state index contributed by atoms with van der Waals surface area (Å²) in [7, 11) is -4.64. The van der Waals surface area contributed by atoms with Crippen LogP contribution in [0.4, 0.5) is 11.4 Å². The molecule has 1 aliphatic heterocycles. The van der Waals surface area contributed by atoms with Gasteiger partial charge in [0.15, 0.2) is 19.7 Å². The SMILES string of the molecule is COc1cc(S(C)(=O)=O)ccc1NCC#Cc1sc2c(NC3CCC(N4CCS(=O)(=O)CC4)CC3)cccc2c1CC1CC1. The van der Waals surface area contributed by atoms with E-state index in [-0.39, 0.29) is 4.90 Å². The van der Waals surface area contributed by atoms with Gasteiger partial charge < -0.3 is 15.4 Å². The van der Waals surface area contributed by atoms with Gasteiger partial charge in [-0.2, -0.15) is 0 Å². The molecule has 44 heavy (non-hydrogen) atoms. The molecule has 3 fully saturated rings. The first-order valence-corrected chi connectivity index (χ1v) is 20.0. The third kappa shape index (κ3) is 7.36. The summed E-state index contributed by atoms with van der Waals surface area (Å²) in [5.41, 5.74) is 3.23. The summed E-state index contributed by atoms with van der Waals surface area (Å²) in [6.07, 6.45) is 9.14. The molecule has 0 radical (unpaired) electrons. The molecular weight excluding hydrogens is 615 g/mol. The van der Waals surface area contributed by atoms with Crippen molar-refractivity contribution in [3.63, 3.8) is 0 Å². The molecule has 0 amide bonds. The van der Waals surface area contributed by atoms with Gasteiger partial charge in [0.2, 0.25) is 0 Å². The number of hydrogen-bond donors (Lipinski definition) is 2. The van der Waals surface area contributed by atoms with Crippen LogP contribution >= 0.6 is 11.3 Å². The van der Waals surface area contributed by atoms with Crippen LogP contribution in [-0.2, 0) is 26.1 Å². The number of sulfone groups is 2. The Bertz CT molecular complexity index is 1780. The maximum Gasteiger partial charge on any atom is 0.175 e. The third-order valence-electron chi connectivity index (χ3n) is 9.13. The molecule has 3 aliphatic rings. The Hall–Kier alpha value is -2.78. The van der Waals surface area contributed by atoms with Gasteiger partial charge in [0.25, 0.3) is 0 Å². The Morgan fingerprint density at radius 1 is 1.02 bits per heavy atom. The Morgan fingerprint density at radius 3 is 2.45 bits per heavy atom. The van der Waals surface area contributed by atoms with Crippen LogP contribution in [0.15, 0.2) is 41.3 Å². The zero-order valence-corrected chi connectivity index (χ0v) is 27.8. The maximum atomic E-state index is 11.9. The van der Waals surface area contributed by atoms with Crippen molar-refractivity contribution in [1.82, 2.24) is 4.90 Å². The molecule has 236 valence electrons. The van der Waals surface area contributed by atoms with Gasteiger partial charge in [-0.25, -0.2) is 16.8 Å². The van der Waals surface area contributed by atoms with Gasteiger partial charge >= 0.3 is 0 Å². The summed E-state index contributed by atoms with van der Waals surface area (Å²) >= 11 is 1.77. The molecule has 8 nitrogen and oxygen atoms in total. The standard InChI is InChI=1S/C33H41N3O5S3/c1-41-31-22-26(43(2,37)38)14-15-29(31)34-16-4-7-32-28(21-23-8-9-23)27-5-3-6-30(33(27)42-32)35-24-10-12-25(13-11-24)36-17-19-44(39,40)20-18-36/h3,5-6,14-15,22-25,34-35H,8-13,16-21H2,1-2H3. The van der Waals surface area contributed by atoms with E-state index in [4.69, 9.17) is 4.74 Å². The lowest BCUT2D eigenvalue weighted by molar-refractivity contribution is 0.164. The Balaban J connectivity index is 1.14. The van der Waals surface area contributed by atoms with Gasteiger partial charge in [-0.1, -0.05) is 24.0 Å². The van der Waals surface area contributed by atoms with Gasteiger partial charge in [0.05, 0.1) is 51.0 Å². The Labute approximate surface area is 265 Å². The minimum absolute atomic E-state index is 0.220. The van der Waals surface area contributed by atoms with Gasteiger partial charge in [-0.05, 0) is 80.0 Å². The molecule has 0 unspecified atom stereocenters. The fourth-order valence-electron chi connectivity index (χ4n) is 6.41. The molecular formula is C33H41N3O5S3.